The van der Waals surface area contributed by atoms with E-state index in [9.17, 15) is 23.2 Å². The second kappa shape index (κ2) is 9.00. The van der Waals surface area contributed by atoms with Gasteiger partial charge < -0.3 is 15.5 Å². The van der Waals surface area contributed by atoms with E-state index < -0.39 is 17.5 Å². The van der Waals surface area contributed by atoms with Crippen LogP contribution in [-0.4, -0.2) is 48.8 Å². The Hall–Kier alpha value is -3.33. The average Bonchev–Trinajstić information content (AvgIpc) is 2.78. The molecule has 9 heteroatoms. The maximum absolute atomic E-state index is 13.3. The Morgan fingerprint density at radius 2 is 1.90 bits per heavy atom. The highest BCUT2D eigenvalue weighted by Crippen LogP contribution is 2.31. The Labute approximate surface area is 172 Å². The van der Waals surface area contributed by atoms with Gasteiger partial charge >= 0.3 is 0 Å². The quantitative estimate of drug-likeness (QED) is 0.785. The number of halogens is 2. The lowest BCUT2D eigenvalue weighted by Crippen LogP contribution is -2.45. The van der Waals surface area contributed by atoms with Crippen LogP contribution in [0.1, 0.15) is 13.3 Å². The van der Waals surface area contributed by atoms with Crippen LogP contribution in [0.2, 0.25) is 0 Å². The molecule has 158 valence electrons. The van der Waals surface area contributed by atoms with Crippen molar-refractivity contribution in [2.45, 2.75) is 19.4 Å². The summed E-state index contributed by atoms with van der Waals surface area (Å²) in [7, 11) is 1.60. The Balaban J connectivity index is 1.65. The van der Waals surface area contributed by atoms with Gasteiger partial charge in [-0.15, -0.1) is 0 Å². The first-order chi connectivity index (χ1) is 14.2. The van der Waals surface area contributed by atoms with E-state index in [0.29, 0.717) is 11.4 Å². The molecule has 3 rings (SSSR count). The Morgan fingerprint density at radius 1 is 1.17 bits per heavy atom. The first-order valence-electron chi connectivity index (χ1n) is 9.39. The molecule has 0 unspecified atom stereocenters. The summed E-state index contributed by atoms with van der Waals surface area (Å²) in [6.45, 7) is 1.58. The minimum absolute atomic E-state index is 0.0714. The maximum atomic E-state index is 13.3. The zero-order valence-electron chi connectivity index (χ0n) is 16.6. The average molecular weight is 416 g/mol. The number of anilines is 3. The summed E-state index contributed by atoms with van der Waals surface area (Å²) in [5.41, 5.74) is 1.28. The molecule has 3 amide bonds. The van der Waals surface area contributed by atoms with Crippen molar-refractivity contribution in [3.8, 4) is 0 Å². The number of nitrogens with zero attached hydrogens (tertiary/aromatic N) is 2. The lowest BCUT2D eigenvalue weighted by Gasteiger charge is -2.29. The van der Waals surface area contributed by atoms with E-state index in [2.05, 4.69) is 10.6 Å². The number of carbonyl (C=O) groups is 3. The molecule has 1 aliphatic rings. The lowest BCUT2D eigenvalue weighted by molar-refractivity contribution is -0.121. The van der Waals surface area contributed by atoms with Crippen LogP contribution < -0.4 is 15.5 Å². The maximum Gasteiger partial charge on any atom is 0.241 e. The third-order valence-electron chi connectivity index (χ3n) is 4.65. The largest absolute Gasteiger partial charge is 0.325 e. The van der Waals surface area contributed by atoms with Crippen LogP contribution in [0.3, 0.4) is 0 Å². The number of fused-ring (bicyclic) bond motifs is 1. The highest BCUT2D eigenvalue weighted by molar-refractivity contribution is 6.05. The monoisotopic (exact) mass is 416 g/mol. The SMILES string of the molecule is C[C@H]1CC(=O)Nc2ccccc2N1C(=O)CN(C)CC(=O)Nc1ccc(F)c(F)c1. The van der Waals surface area contributed by atoms with Crippen molar-refractivity contribution >= 4 is 34.8 Å². The first kappa shape index (κ1) is 21.4. The van der Waals surface area contributed by atoms with E-state index in [4.69, 9.17) is 0 Å². The molecule has 0 aliphatic carbocycles. The summed E-state index contributed by atoms with van der Waals surface area (Å²) in [5.74, 6) is -2.99. The van der Waals surface area contributed by atoms with Gasteiger partial charge in [-0.1, -0.05) is 12.1 Å². The van der Waals surface area contributed by atoms with Crippen LogP contribution >= 0.6 is 0 Å². The molecule has 2 N–H and O–H groups in total. The number of para-hydroxylation sites is 2. The molecule has 0 radical (unpaired) electrons. The smallest absolute Gasteiger partial charge is 0.241 e. The second-order valence-corrected chi connectivity index (χ2v) is 7.23. The van der Waals surface area contributed by atoms with Gasteiger partial charge in [0.1, 0.15) is 0 Å². The number of amides is 3. The van der Waals surface area contributed by atoms with Crippen molar-refractivity contribution in [3.63, 3.8) is 0 Å². The van der Waals surface area contributed by atoms with E-state index in [0.717, 1.165) is 12.1 Å². The van der Waals surface area contributed by atoms with Gasteiger partial charge in [0.2, 0.25) is 17.7 Å². The number of hydrogen-bond donors (Lipinski definition) is 2. The lowest BCUT2D eigenvalue weighted by atomic mass is 10.1. The molecule has 0 saturated carbocycles. The molecule has 1 atom stereocenters. The fourth-order valence-electron chi connectivity index (χ4n) is 3.35. The fraction of sp³-hybridized carbons (Fsp3) is 0.286. The minimum Gasteiger partial charge on any atom is -0.325 e. The Bertz CT molecular complexity index is 982. The predicted molar refractivity (Wildman–Crippen MR) is 109 cm³/mol. The number of likely N-dealkylation sites (N-methyl/N-ethyl adjacent to an activating group) is 1. The number of benzene rings is 2. The zero-order valence-corrected chi connectivity index (χ0v) is 16.6. The van der Waals surface area contributed by atoms with Crippen LogP contribution in [0.4, 0.5) is 25.8 Å². The molecule has 2 aromatic rings. The molecule has 2 aromatic carbocycles. The van der Waals surface area contributed by atoms with Crippen molar-refractivity contribution in [1.29, 1.82) is 0 Å². The van der Waals surface area contributed by atoms with E-state index >= 15 is 0 Å². The van der Waals surface area contributed by atoms with Gasteiger partial charge in [0, 0.05) is 24.2 Å². The molecular weight excluding hydrogens is 394 g/mol. The van der Waals surface area contributed by atoms with Gasteiger partial charge in [0.05, 0.1) is 24.5 Å². The van der Waals surface area contributed by atoms with Gasteiger partial charge in [0.15, 0.2) is 11.6 Å². The fourth-order valence-corrected chi connectivity index (χ4v) is 3.35. The van der Waals surface area contributed by atoms with Gasteiger partial charge in [-0.2, -0.15) is 0 Å². The zero-order chi connectivity index (χ0) is 21.8. The third kappa shape index (κ3) is 4.98. The predicted octanol–water partition coefficient (Wildman–Crippen LogP) is 2.60. The molecule has 0 spiro atoms. The highest BCUT2D eigenvalue weighted by Gasteiger charge is 2.30. The summed E-state index contributed by atoms with van der Waals surface area (Å²) in [4.78, 5) is 40.3. The van der Waals surface area contributed by atoms with Crippen molar-refractivity contribution < 1.29 is 23.2 Å². The molecule has 7 nitrogen and oxygen atoms in total. The van der Waals surface area contributed by atoms with Crippen LogP contribution in [0, 0.1) is 11.6 Å². The summed E-state index contributed by atoms with van der Waals surface area (Å²) in [6.07, 6.45) is 0.154. The van der Waals surface area contributed by atoms with Crippen LogP contribution in [-0.2, 0) is 14.4 Å². The standard InChI is InChI=1S/C21H22F2N4O3/c1-13-9-19(28)25-17-5-3-4-6-18(17)27(13)21(30)12-26(2)11-20(29)24-14-7-8-15(22)16(23)10-14/h3-8,10,13H,9,11-12H2,1-2H3,(H,24,29)(H,25,28)/t13-/m0/s1. The normalized spacial score (nSPS) is 16.0. The van der Waals surface area contributed by atoms with Crippen LogP contribution in [0.5, 0.6) is 0 Å². The second-order valence-electron chi connectivity index (χ2n) is 7.23. The molecule has 30 heavy (non-hydrogen) atoms. The number of carbonyl (C=O) groups excluding carboxylic acids is 3. The van der Waals surface area contributed by atoms with Gasteiger partial charge in [0.25, 0.3) is 0 Å². The molecule has 1 aliphatic heterocycles. The molecule has 0 fully saturated rings. The van der Waals surface area contributed by atoms with E-state index in [-0.39, 0.29) is 43.1 Å². The van der Waals surface area contributed by atoms with Gasteiger partial charge in [-0.05, 0) is 38.2 Å². The van der Waals surface area contributed by atoms with Crippen molar-refractivity contribution in [1.82, 2.24) is 4.90 Å². The van der Waals surface area contributed by atoms with Crippen molar-refractivity contribution in [2.75, 3.05) is 35.7 Å². The highest BCUT2D eigenvalue weighted by atomic mass is 19.2. The summed E-state index contributed by atoms with van der Waals surface area (Å²) in [6, 6.07) is 9.74. The number of rotatable bonds is 5. The van der Waals surface area contributed by atoms with E-state index in [1.54, 1.807) is 43.1 Å². The molecular formula is C21H22F2N4O3. The molecule has 0 bridgehead atoms. The van der Waals surface area contributed by atoms with Gasteiger partial charge in [-0.25, -0.2) is 8.78 Å². The van der Waals surface area contributed by atoms with E-state index in [1.165, 1.54) is 11.0 Å². The topological polar surface area (TPSA) is 81.8 Å². The minimum atomic E-state index is -1.06. The van der Waals surface area contributed by atoms with E-state index in [1.807, 2.05) is 0 Å². The summed E-state index contributed by atoms with van der Waals surface area (Å²) < 4.78 is 26.3. The Morgan fingerprint density at radius 3 is 2.63 bits per heavy atom. The van der Waals surface area contributed by atoms with Crippen molar-refractivity contribution in [2.24, 2.45) is 0 Å². The third-order valence-corrected chi connectivity index (χ3v) is 4.65. The summed E-state index contributed by atoms with van der Waals surface area (Å²) in [5, 5.41) is 5.26. The van der Waals surface area contributed by atoms with Crippen LogP contribution in [0.15, 0.2) is 42.5 Å². The van der Waals surface area contributed by atoms with Gasteiger partial charge in [-0.3, -0.25) is 19.3 Å². The molecule has 0 saturated heterocycles. The first-order valence-corrected chi connectivity index (χ1v) is 9.39. The van der Waals surface area contributed by atoms with Crippen LogP contribution in [0.25, 0.3) is 0 Å². The Kier molecular flexibility index (Phi) is 6.41. The summed E-state index contributed by atoms with van der Waals surface area (Å²) >= 11 is 0. The molecule has 1 heterocycles. The number of hydrogen-bond acceptors (Lipinski definition) is 4. The molecule has 0 aromatic heterocycles. The van der Waals surface area contributed by atoms with Crippen molar-refractivity contribution in [3.05, 3.63) is 54.1 Å². The number of nitrogens with one attached hydrogen (secondary N) is 2.